The zero-order chi connectivity index (χ0) is 22.5. The Bertz CT molecular complexity index is 1270. The Morgan fingerprint density at radius 2 is 1.81 bits per heavy atom. The van der Waals surface area contributed by atoms with Gasteiger partial charge in [0.15, 0.2) is 0 Å². The van der Waals surface area contributed by atoms with Gasteiger partial charge in [-0.3, -0.25) is 14.4 Å². The molecule has 0 unspecified atom stereocenters. The zero-order valence-corrected chi connectivity index (χ0v) is 17.4. The van der Waals surface area contributed by atoms with Gasteiger partial charge in [-0.25, -0.2) is 9.36 Å². The minimum atomic E-state index is -1.35. The molecule has 0 aliphatic carbocycles. The average Bonchev–Trinajstić information content (AvgIpc) is 2.73. The van der Waals surface area contributed by atoms with Crippen molar-refractivity contribution in [3.05, 3.63) is 90.7 Å². The highest BCUT2D eigenvalue weighted by atomic mass is 35.5. The fourth-order valence-corrected chi connectivity index (χ4v) is 3.25. The van der Waals surface area contributed by atoms with Crippen LogP contribution in [0.3, 0.4) is 0 Å². The lowest BCUT2D eigenvalue weighted by Gasteiger charge is -2.11. The topological polar surface area (TPSA) is 123 Å². The van der Waals surface area contributed by atoms with E-state index in [0.29, 0.717) is 22.6 Å². The highest BCUT2D eigenvalue weighted by Gasteiger charge is 2.15. The average molecular weight is 463 g/mol. The van der Waals surface area contributed by atoms with Gasteiger partial charge in [0, 0.05) is 11.6 Å². The molecule has 0 aliphatic heterocycles. The monoisotopic (exact) mass is 462 g/mol. The first-order chi connectivity index (χ1) is 14.8. The number of carboxylic acid groups (broad SMARTS) is 1. The normalized spacial score (nSPS) is 10.6. The van der Waals surface area contributed by atoms with Gasteiger partial charge in [-0.1, -0.05) is 41.4 Å². The van der Waals surface area contributed by atoms with E-state index in [1.54, 1.807) is 6.07 Å². The van der Waals surface area contributed by atoms with Crippen LogP contribution in [0.1, 0.15) is 15.9 Å². The van der Waals surface area contributed by atoms with Crippen LogP contribution < -0.4 is 16.6 Å². The van der Waals surface area contributed by atoms with Crippen LogP contribution in [0, 0.1) is 0 Å². The van der Waals surface area contributed by atoms with E-state index in [-0.39, 0.29) is 16.3 Å². The number of carbonyl (C=O) groups is 2. The van der Waals surface area contributed by atoms with Gasteiger partial charge in [-0.2, -0.15) is 9.78 Å². The van der Waals surface area contributed by atoms with E-state index in [0.717, 1.165) is 16.4 Å². The number of amides is 1. The second-order valence-corrected chi connectivity index (χ2v) is 7.23. The third-order valence-corrected chi connectivity index (χ3v) is 5.03. The molecule has 3 aromatic rings. The zero-order valence-electron chi connectivity index (χ0n) is 15.9. The Kier molecular flexibility index (Phi) is 6.88. The van der Waals surface area contributed by atoms with Gasteiger partial charge >= 0.3 is 11.7 Å². The summed E-state index contributed by atoms with van der Waals surface area (Å²) in [5, 5.41) is 16.1. The number of hydrogen-bond donors (Lipinski definition) is 2. The molecule has 0 saturated heterocycles. The molecular weight excluding hydrogens is 447 g/mol. The second kappa shape index (κ2) is 9.59. The van der Waals surface area contributed by atoms with Crippen LogP contribution in [-0.2, 0) is 17.8 Å². The first kappa shape index (κ1) is 22.3. The first-order valence-electron chi connectivity index (χ1n) is 9.00. The van der Waals surface area contributed by atoms with Crippen LogP contribution in [0.25, 0.3) is 5.69 Å². The lowest BCUT2D eigenvalue weighted by atomic mass is 10.1. The molecule has 0 radical (unpaired) electrons. The molecule has 0 saturated carbocycles. The summed E-state index contributed by atoms with van der Waals surface area (Å²) in [7, 11) is 0. The molecule has 0 bridgehead atoms. The van der Waals surface area contributed by atoms with E-state index in [4.69, 9.17) is 28.3 Å². The van der Waals surface area contributed by atoms with Gasteiger partial charge in [0.2, 0.25) is 0 Å². The summed E-state index contributed by atoms with van der Waals surface area (Å²) in [6.07, 6.45) is 1.33. The number of carboxylic acids is 1. The van der Waals surface area contributed by atoms with Gasteiger partial charge in [-0.05, 0) is 36.2 Å². The quantitative estimate of drug-likeness (QED) is 0.551. The highest BCUT2D eigenvalue weighted by Crippen LogP contribution is 2.19. The number of halogens is 2. The summed E-state index contributed by atoms with van der Waals surface area (Å²) in [5.74, 6) is -1.84. The van der Waals surface area contributed by atoms with Gasteiger partial charge in [0.1, 0.15) is 12.7 Å². The molecule has 1 aromatic heterocycles. The van der Waals surface area contributed by atoms with E-state index in [9.17, 15) is 19.2 Å². The number of carbonyl (C=O) groups excluding carboxylic acids is 1. The number of hydrogen-bond acceptors (Lipinski definition) is 5. The fraction of sp³-hybridized carbons (Fsp3) is 0.150. The number of aromatic nitrogens is 3. The lowest BCUT2D eigenvalue weighted by Crippen LogP contribution is -2.41. The van der Waals surface area contributed by atoms with E-state index < -0.39 is 29.7 Å². The largest absolute Gasteiger partial charge is 0.480 e. The maximum atomic E-state index is 12.6. The van der Waals surface area contributed by atoms with Crippen LogP contribution in [0.15, 0.2) is 58.3 Å². The van der Waals surface area contributed by atoms with Crippen molar-refractivity contribution in [3.63, 3.8) is 0 Å². The van der Waals surface area contributed by atoms with E-state index >= 15 is 0 Å². The van der Waals surface area contributed by atoms with E-state index in [2.05, 4.69) is 10.4 Å². The molecule has 0 fully saturated rings. The van der Waals surface area contributed by atoms with Crippen molar-refractivity contribution in [2.24, 2.45) is 0 Å². The number of benzene rings is 2. The maximum absolute atomic E-state index is 12.6. The minimum Gasteiger partial charge on any atom is -0.480 e. The summed E-state index contributed by atoms with van der Waals surface area (Å²) < 4.78 is 1.34. The van der Waals surface area contributed by atoms with E-state index in [1.165, 1.54) is 18.2 Å². The summed E-state index contributed by atoms with van der Waals surface area (Å²) in [4.78, 5) is 47.8. The van der Waals surface area contributed by atoms with E-state index in [1.807, 2.05) is 18.2 Å². The molecule has 2 aromatic carbocycles. The first-order valence-corrected chi connectivity index (χ1v) is 9.76. The molecule has 2 N–H and O–H groups in total. The van der Waals surface area contributed by atoms with Crippen molar-refractivity contribution in [1.82, 2.24) is 19.7 Å². The SMILES string of the molecule is O=C(O)Cn1c(=O)cnn(-c2ccc(Cl)c(C(=O)NCCc3ccccc3Cl)c2)c1=O. The Labute approximate surface area is 185 Å². The number of nitrogens with one attached hydrogen (secondary N) is 1. The smallest absolute Gasteiger partial charge is 0.352 e. The van der Waals surface area contributed by atoms with Crippen molar-refractivity contribution < 1.29 is 14.7 Å². The van der Waals surface area contributed by atoms with Crippen LogP contribution in [-0.4, -0.2) is 37.9 Å². The highest BCUT2D eigenvalue weighted by molar-refractivity contribution is 6.34. The third kappa shape index (κ3) is 5.19. The van der Waals surface area contributed by atoms with Crippen molar-refractivity contribution in [1.29, 1.82) is 0 Å². The molecule has 0 atom stereocenters. The van der Waals surface area contributed by atoms with Crippen LogP contribution in [0.4, 0.5) is 0 Å². The summed E-state index contributed by atoms with van der Waals surface area (Å²) in [5.41, 5.74) is -0.703. The fourth-order valence-electron chi connectivity index (χ4n) is 2.82. The van der Waals surface area contributed by atoms with Crippen molar-refractivity contribution in [2.45, 2.75) is 13.0 Å². The molecule has 3 rings (SSSR count). The molecule has 1 amide bonds. The molecule has 9 nitrogen and oxygen atoms in total. The Morgan fingerprint density at radius 3 is 2.52 bits per heavy atom. The van der Waals surface area contributed by atoms with Gasteiger partial charge in [-0.15, -0.1) is 0 Å². The van der Waals surface area contributed by atoms with Gasteiger partial charge < -0.3 is 10.4 Å². The molecular formula is C20H16Cl2N4O5. The summed E-state index contributed by atoms with van der Waals surface area (Å²) >= 11 is 12.2. The standard InChI is InChI=1S/C20H16Cl2N4O5/c21-15-4-2-1-3-12(15)7-8-23-19(30)14-9-13(5-6-16(14)22)26-20(31)25(11-18(28)29)17(27)10-24-26/h1-6,9-10H,7-8,11H2,(H,23,30)(H,28,29). The van der Waals surface area contributed by atoms with Crippen LogP contribution >= 0.6 is 23.2 Å². The van der Waals surface area contributed by atoms with Gasteiger partial charge in [0.25, 0.3) is 11.5 Å². The van der Waals surface area contributed by atoms with Crippen molar-refractivity contribution >= 4 is 35.1 Å². The van der Waals surface area contributed by atoms with Crippen LogP contribution in [0.2, 0.25) is 10.0 Å². The molecule has 160 valence electrons. The molecule has 0 spiro atoms. The lowest BCUT2D eigenvalue weighted by molar-refractivity contribution is -0.137. The number of nitrogens with zero attached hydrogens (tertiary/aromatic N) is 3. The predicted molar refractivity (Wildman–Crippen MR) is 114 cm³/mol. The molecule has 0 aliphatic rings. The van der Waals surface area contributed by atoms with Crippen molar-refractivity contribution in [2.75, 3.05) is 6.54 Å². The second-order valence-electron chi connectivity index (χ2n) is 6.42. The minimum absolute atomic E-state index is 0.0861. The summed E-state index contributed by atoms with van der Waals surface area (Å²) in [6.45, 7) is -0.520. The Hall–Kier alpha value is -3.43. The number of rotatable bonds is 7. The Morgan fingerprint density at radius 1 is 1.06 bits per heavy atom. The number of aliphatic carboxylic acids is 1. The molecule has 31 heavy (non-hydrogen) atoms. The Balaban J connectivity index is 1.84. The van der Waals surface area contributed by atoms with Crippen molar-refractivity contribution in [3.8, 4) is 5.69 Å². The molecule has 1 heterocycles. The molecule has 11 heteroatoms. The van der Waals surface area contributed by atoms with Gasteiger partial charge in [0.05, 0.1) is 16.3 Å². The maximum Gasteiger partial charge on any atom is 0.352 e. The predicted octanol–water partition coefficient (Wildman–Crippen LogP) is 1.76. The summed E-state index contributed by atoms with van der Waals surface area (Å²) in [6, 6.07) is 11.4. The third-order valence-electron chi connectivity index (χ3n) is 4.33. The van der Waals surface area contributed by atoms with Crippen LogP contribution in [0.5, 0.6) is 0 Å².